The van der Waals surface area contributed by atoms with E-state index in [1.807, 2.05) is 0 Å². The molecule has 2 bridgehead atoms. The molecular formula is C12H8F2O. The number of allylic oxidation sites excluding steroid dienone is 10. The van der Waals surface area contributed by atoms with Crippen LogP contribution in [0.4, 0.5) is 8.78 Å². The lowest BCUT2D eigenvalue weighted by Crippen LogP contribution is -2.22. The van der Waals surface area contributed by atoms with Gasteiger partial charge in [0.1, 0.15) is 0 Å². The van der Waals surface area contributed by atoms with E-state index in [4.69, 9.17) is 0 Å². The van der Waals surface area contributed by atoms with E-state index in [2.05, 4.69) is 0 Å². The number of halogens is 2. The minimum absolute atomic E-state index is 0.0196. The number of hydrogen-bond donors (Lipinski definition) is 0. The Kier molecular flexibility index (Phi) is 2.23. The molecule has 2 aliphatic carbocycles. The predicted octanol–water partition coefficient (Wildman–Crippen LogP) is 2.74. The van der Waals surface area contributed by atoms with Gasteiger partial charge in [-0.05, 0) is 0 Å². The zero-order chi connectivity index (χ0) is 10.9. The highest BCUT2D eigenvalue weighted by atomic mass is 19.3. The van der Waals surface area contributed by atoms with E-state index in [-0.39, 0.29) is 16.7 Å². The first-order chi connectivity index (χ1) is 7.16. The third-order valence-corrected chi connectivity index (χ3v) is 2.34. The third kappa shape index (κ3) is 1.50. The van der Waals surface area contributed by atoms with E-state index in [9.17, 15) is 13.6 Å². The van der Waals surface area contributed by atoms with E-state index < -0.39 is 5.92 Å². The fourth-order valence-electron chi connectivity index (χ4n) is 1.56. The topological polar surface area (TPSA) is 17.1 Å². The van der Waals surface area contributed by atoms with Gasteiger partial charge in [-0.1, -0.05) is 42.5 Å². The average molecular weight is 206 g/mol. The number of rotatable bonds is 1. The molecule has 0 aromatic rings. The van der Waals surface area contributed by atoms with Crippen molar-refractivity contribution in [3.05, 3.63) is 59.3 Å². The van der Waals surface area contributed by atoms with Gasteiger partial charge in [-0.25, -0.2) is 0 Å². The summed E-state index contributed by atoms with van der Waals surface area (Å²) in [5, 5.41) is 0. The van der Waals surface area contributed by atoms with Crippen molar-refractivity contribution in [2.75, 3.05) is 0 Å². The van der Waals surface area contributed by atoms with Crippen LogP contribution < -0.4 is 0 Å². The minimum Gasteiger partial charge on any atom is -0.298 e. The monoisotopic (exact) mass is 206 g/mol. The Morgan fingerprint density at radius 1 is 1.07 bits per heavy atom. The normalized spacial score (nSPS) is 22.1. The molecule has 0 saturated carbocycles. The summed E-state index contributed by atoms with van der Waals surface area (Å²) >= 11 is 0. The lowest BCUT2D eigenvalue weighted by molar-refractivity contribution is -0.105. The van der Waals surface area contributed by atoms with Crippen LogP contribution in [0.5, 0.6) is 0 Å². The van der Waals surface area contributed by atoms with Crippen molar-refractivity contribution in [2.24, 2.45) is 0 Å². The van der Waals surface area contributed by atoms with Gasteiger partial charge in [-0.2, -0.15) is 8.78 Å². The van der Waals surface area contributed by atoms with E-state index in [0.717, 1.165) is 0 Å². The molecule has 0 amide bonds. The molecule has 0 unspecified atom stereocenters. The molecule has 0 fully saturated rings. The first-order valence-corrected chi connectivity index (χ1v) is 4.47. The molecule has 1 nitrogen and oxygen atoms in total. The van der Waals surface area contributed by atoms with Crippen LogP contribution in [0.25, 0.3) is 0 Å². The average Bonchev–Trinajstić information content (AvgIpc) is 2.43. The second-order valence-electron chi connectivity index (χ2n) is 3.26. The molecule has 15 heavy (non-hydrogen) atoms. The zero-order valence-corrected chi connectivity index (χ0v) is 7.78. The maximum absolute atomic E-state index is 13.8. The quantitative estimate of drug-likeness (QED) is 0.603. The fraction of sp³-hybridized carbons (Fsp3) is 0.0833. The van der Waals surface area contributed by atoms with Crippen molar-refractivity contribution in [3.8, 4) is 0 Å². The van der Waals surface area contributed by atoms with Gasteiger partial charge < -0.3 is 0 Å². The summed E-state index contributed by atoms with van der Waals surface area (Å²) in [6.07, 6.45) is 10.3. The molecule has 0 aliphatic heterocycles. The molecule has 0 spiro atoms. The lowest BCUT2D eigenvalue weighted by Gasteiger charge is -2.18. The van der Waals surface area contributed by atoms with E-state index in [1.54, 1.807) is 0 Å². The molecule has 0 atom stereocenters. The van der Waals surface area contributed by atoms with Crippen LogP contribution in [-0.2, 0) is 4.79 Å². The molecule has 0 N–H and O–H groups in total. The maximum atomic E-state index is 13.8. The summed E-state index contributed by atoms with van der Waals surface area (Å²) in [5.74, 6) is -3.09. The molecule has 2 rings (SSSR count). The Bertz CT molecular complexity index is 448. The van der Waals surface area contributed by atoms with Crippen LogP contribution in [-0.4, -0.2) is 12.2 Å². The van der Waals surface area contributed by atoms with Gasteiger partial charge in [0.2, 0.25) is 0 Å². The SMILES string of the molecule is O=CC1=CC=CC2=CC=CC=C1C2(F)F. The van der Waals surface area contributed by atoms with Crippen molar-refractivity contribution in [1.82, 2.24) is 0 Å². The van der Waals surface area contributed by atoms with Gasteiger partial charge in [-0.3, -0.25) is 4.79 Å². The Balaban J connectivity index is 2.67. The van der Waals surface area contributed by atoms with Crippen LogP contribution in [0.1, 0.15) is 0 Å². The third-order valence-electron chi connectivity index (χ3n) is 2.34. The Labute approximate surface area is 85.8 Å². The molecule has 0 aromatic heterocycles. The van der Waals surface area contributed by atoms with Crippen LogP contribution in [0.2, 0.25) is 0 Å². The van der Waals surface area contributed by atoms with Crippen LogP contribution in [0.3, 0.4) is 0 Å². The minimum atomic E-state index is -3.09. The predicted molar refractivity (Wildman–Crippen MR) is 53.5 cm³/mol. The standard InChI is InChI=1S/C12H8F2O/c13-12(14)10-5-1-2-7-11(12)9(8-15)4-3-6-10/h1-8H. The van der Waals surface area contributed by atoms with Crippen LogP contribution in [0, 0.1) is 0 Å². The summed E-state index contributed by atoms with van der Waals surface area (Å²) in [7, 11) is 0. The number of fused-ring (bicyclic) bond motifs is 2. The number of aldehydes is 1. The Hall–Kier alpha value is -1.77. The largest absolute Gasteiger partial charge is 0.299 e. The van der Waals surface area contributed by atoms with Gasteiger partial charge >= 0.3 is 0 Å². The maximum Gasteiger partial charge on any atom is 0.299 e. The number of carbonyl (C=O) groups excluding carboxylic acids is 1. The Morgan fingerprint density at radius 2 is 1.80 bits per heavy atom. The zero-order valence-electron chi connectivity index (χ0n) is 7.78. The van der Waals surface area contributed by atoms with Gasteiger partial charge in [0.25, 0.3) is 5.92 Å². The smallest absolute Gasteiger partial charge is 0.298 e. The Morgan fingerprint density at radius 3 is 2.53 bits per heavy atom. The number of alkyl halides is 2. The summed E-state index contributed by atoms with van der Waals surface area (Å²) in [6.45, 7) is 0. The van der Waals surface area contributed by atoms with Crippen molar-refractivity contribution in [3.63, 3.8) is 0 Å². The lowest BCUT2D eigenvalue weighted by atomic mass is 9.97. The highest BCUT2D eigenvalue weighted by Crippen LogP contribution is 2.39. The van der Waals surface area contributed by atoms with E-state index >= 15 is 0 Å². The number of hydrogen-bond acceptors (Lipinski definition) is 1. The summed E-state index contributed by atoms with van der Waals surface area (Å²) in [4.78, 5) is 10.7. The second-order valence-corrected chi connectivity index (χ2v) is 3.26. The molecule has 3 heteroatoms. The van der Waals surface area contributed by atoms with Gasteiger partial charge in [-0.15, -0.1) is 0 Å². The van der Waals surface area contributed by atoms with Crippen LogP contribution in [0.15, 0.2) is 59.3 Å². The van der Waals surface area contributed by atoms with E-state index in [1.165, 1.54) is 42.5 Å². The van der Waals surface area contributed by atoms with Crippen molar-refractivity contribution >= 4 is 6.29 Å². The highest BCUT2D eigenvalue weighted by Gasteiger charge is 2.39. The first-order valence-electron chi connectivity index (χ1n) is 4.47. The van der Waals surface area contributed by atoms with Crippen molar-refractivity contribution in [2.45, 2.75) is 5.92 Å². The highest BCUT2D eigenvalue weighted by molar-refractivity contribution is 5.83. The number of carbonyl (C=O) groups is 1. The molecule has 0 saturated heterocycles. The van der Waals surface area contributed by atoms with Crippen LogP contribution >= 0.6 is 0 Å². The first kappa shape index (κ1) is 9.77. The molecular weight excluding hydrogens is 198 g/mol. The van der Waals surface area contributed by atoms with Gasteiger partial charge in [0.05, 0.1) is 0 Å². The molecule has 0 aromatic carbocycles. The van der Waals surface area contributed by atoms with Gasteiger partial charge in [0.15, 0.2) is 6.29 Å². The second kappa shape index (κ2) is 3.42. The van der Waals surface area contributed by atoms with Gasteiger partial charge in [0, 0.05) is 16.7 Å². The summed E-state index contributed by atoms with van der Waals surface area (Å²) in [5.41, 5.74) is -0.329. The molecule has 76 valence electrons. The molecule has 0 heterocycles. The van der Waals surface area contributed by atoms with Crippen molar-refractivity contribution in [1.29, 1.82) is 0 Å². The summed E-state index contributed by atoms with van der Waals surface area (Å²) < 4.78 is 27.7. The molecule has 0 radical (unpaired) electrons. The molecule has 2 aliphatic rings. The fourth-order valence-corrected chi connectivity index (χ4v) is 1.56. The summed E-state index contributed by atoms with van der Waals surface area (Å²) in [6, 6.07) is 0. The van der Waals surface area contributed by atoms with Crippen molar-refractivity contribution < 1.29 is 13.6 Å². The van der Waals surface area contributed by atoms with E-state index in [0.29, 0.717) is 6.29 Å².